The Labute approximate surface area is 155 Å². The Hall–Kier alpha value is -3.45. The molecule has 3 N–H and O–H groups in total. The molecule has 0 saturated heterocycles. The average Bonchev–Trinajstić information content (AvgIpc) is 3.37. The van der Waals surface area contributed by atoms with Crippen LogP contribution in [-0.4, -0.2) is 32.9 Å². The van der Waals surface area contributed by atoms with Crippen molar-refractivity contribution in [2.45, 2.75) is 12.5 Å². The van der Waals surface area contributed by atoms with E-state index in [1.807, 2.05) is 48.5 Å². The predicted octanol–water partition coefficient (Wildman–Crippen LogP) is 3.07. The quantitative estimate of drug-likeness (QED) is 0.489. The SMILES string of the molecule is O=C(NCCC(O)c1ccccc1)c1cc(-c2ccc3[nH]ncc3c2)on1. The highest BCUT2D eigenvalue weighted by Crippen LogP contribution is 2.24. The van der Waals surface area contributed by atoms with Crippen LogP contribution in [0, 0.1) is 0 Å². The van der Waals surface area contributed by atoms with Gasteiger partial charge in [-0.2, -0.15) is 5.10 Å². The first-order valence-electron chi connectivity index (χ1n) is 8.62. The summed E-state index contributed by atoms with van der Waals surface area (Å²) in [7, 11) is 0. The molecule has 0 aliphatic carbocycles. The third-order valence-corrected chi connectivity index (χ3v) is 4.36. The van der Waals surface area contributed by atoms with Gasteiger partial charge in [-0.25, -0.2) is 0 Å². The van der Waals surface area contributed by atoms with E-state index in [0.29, 0.717) is 18.7 Å². The lowest BCUT2D eigenvalue weighted by atomic mass is 10.1. The van der Waals surface area contributed by atoms with Gasteiger partial charge in [0.05, 0.1) is 17.8 Å². The molecule has 0 aliphatic rings. The molecule has 27 heavy (non-hydrogen) atoms. The highest BCUT2D eigenvalue weighted by Gasteiger charge is 2.15. The summed E-state index contributed by atoms with van der Waals surface area (Å²) in [6, 6.07) is 16.6. The number of H-pyrrole nitrogens is 1. The maximum Gasteiger partial charge on any atom is 0.273 e. The molecule has 0 radical (unpaired) electrons. The van der Waals surface area contributed by atoms with Crippen molar-refractivity contribution >= 4 is 16.8 Å². The Kier molecular flexibility index (Phi) is 4.67. The predicted molar refractivity (Wildman–Crippen MR) is 99.9 cm³/mol. The zero-order valence-corrected chi connectivity index (χ0v) is 14.4. The molecule has 0 saturated carbocycles. The Morgan fingerprint density at radius 1 is 1.19 bits per heavy atom. The highest BCUT2D eigenvalue weighted by atomic mass is 16.5. The lowest BCUT2D eigenvalue weighted by molar-refractivity contribution is 0.0933. The first kappa shape index (κ1) is 17.0. The van der Waals surface area contributed by atoms with E-state index in [9.17, 15) is 9.90 Å². The topological polar surface area (TPSA) is 104 Å². The van der Waals surface area contributed by atoms with Crippen LogP contribution < -0.4 is 5.32 Å². The van der Waals surface area contributed by atoms with Gasteiger partial charge in [-0.15, -0.1) is 0 Å². The number of nitrogens with zero attached hydrogens (tertiary/aromatic N) is 2. The molecule has 2 aromatic carbocycles. The van der Waals surface area contributed by atoms with E-state index in [0.717, 1.165) is 22.0 Å². The van der Waals surface area contributed by atoms with E-state index in [1.54, 1.807) is 12.3 Å². The van der Waals surface area contributed by atoms with Crippen LogP contribution in [-0.2, 0) is 0 Å². The van der Waals surface area contributed by atoms with Crippen molar-refractivity contribution in [3.05, 3.63) is 72.1 Å². The van der Waals surface area contributed by atoms with Gasteiger partial charge >= 0.3 is 0 Å². The average molecular weight is 362 g/mol. The molecule has 1 unspecified atom stereocenters. The van der Waals surface area contributed by atoms with Crippen LogP contribution in [0.4, 0.5) is 0 Å². The molecule has 0 bridgehead atoms. The number of rotatable bonds is 6. The van der Waals surface area contributed by atoms with E-state index in [-0.39, 0.29) is 11.6 Å². The van der Waals surface area contributed by atoms with Crippen LogP contribution in [0.1, 0.15) is 28.6 Å². The smallest absolute Gasteiger partial charge is 0.273 e. The van der Waals surface area contributed by atoms with E-state index in [2.05, 4.69) is 20.7 Å². The third kappa shape index (κ3) is 3.73. The van der Waals surface area contributed by atoms with Crippen molar-refractivity contribution in [2.75, 3.05) is 6.54 Å². The first-order chi connectivity index (χ1) is 13.2. The monoisotopic (exact) mass is 362 g/mol. The number of benzene rings is 2. The fraction of sp³-hybridized carbons (Fsp3) is 0.150. The Morgan fingerprint density at radius 2 is 2.04 bits per heavy atom. The van der Waals surface area contributed by atoms with Gasteiger partial charge in [-0.3, -0.25) is 9.89 Å². The molecule has 2 aromatic heterocycles. The molecule has 7 nitrogen and oxygen atoms in total. The molecule has 1 amide bonds. The van der Waals surface area contributed by atoms with E-state index < -0.39 is 6.10 Å². The largest absolute Gasteiger partial charge is 0.388 e. The van der Waals surface area contributed by atoms with E-state index in [1.165, 1.54) is 0 Å². The Bertz CT molecular complexity index is 1060. The van der Waals surface area contributed by atoms with Gasteiger partial charge in [-0.1, -0.05) is 35.5 Å². The summed E-state index contributed by atoms with van der Waals surface area (Å²) >= 11 is 0. The Balaban J connectivity index is 1.37. The second kappa shape index (κ2) is 7.43. The molecular formula is C20H18N4O3. The number of aromatic nitrogens is 3. The number of aliphatic hydroxyl groups is 1. The zero-order valence-electron chi connectivity index (χ0n) is 14.4. The molecule has 0 fully saturated rings. The number of carbonyl (C=O) groups is 1. The lowest BCUT2D eigenvalue weighted by Crippen LogP contribution is -2.25. The van der Waals surface area contributed by atoms with Crippen LogP contribution in [0.25, 0.3) is 22.2 Å². The van der Waals surface area contributed by atoms with Gasteiger partial charge in [0.15, 0.2) is 11.5 Å². The second-order valence-corrected chi connectivity index (χ2v) is 6.22. The van der Waals surface area contributed by atoms with Crippen molar-refractivity contribution in [2.24, 2.45) is 0 Å². The number of amides is 1. The number of nitrogens with one attached hydrogen (secondary N) is 2. The summed E-state index contributed by atoms with van der Waals surface area (Å²) in [5.74, 6) is 0.169. The fourth-order valence-electron chi connectivity index (χ4n) is 2.87. The van der Waals surface area contributed by atoms with Crippen LogP contribution in [0.3, 0.4) is 0 Å². The van der Waals surface area contributed by atoms with Gasteiger partial charge in [0, 0.05) is 23.6 Å². The minimum absolute atomic E-state index is 0.200. The molecule has 4 rings (SSSR count). The summed E-state index contributed by atoms with van der Waals surface area (Å²) < 4.78 is 5.30. The molecule has 0 spiro atoms. The molecular weight excluding hydrogens is 344 g/mol. The van der Waals surface area contributed by atoms with Crippen molar-refractivity contribution in [3.8, 4) is 11.3 Å². The molecule has 1 atom stereocenters. The standard InChI is InChI=1S/C20H18N4O3/c25-18(13-4-2-1-3-5-13)8-9-21-20(26)17-11-19(27-24-17)14-6-7-16-15(10-14)12-22-23-16/h1-7,10-12,18,25H,8-9H2,(H,21,26)(H,22,23). The zero-order chi connectivity index (χ0) is 18.6. The van der Waals surface area contributed by atoms with Crippen molar-refractivity contribution in [3.63, 3.8) is 0 Å². The first-order valence-corrected chi connectivity index (χ1v) is 8.62. The third-order valence-electron chi connectivity index (χ3n) is 4.36. The number of aromatic amines is 1. The fourth-order valence-corrected chi connectivity index (χ4v) is 2.87. The number of hydrogen-bond acceptors (Lipinski definition) is 5. The molecule has 7 heteroatoms. The molecule has 136 valence electrons. The van der Waals surface area contributed by atoms with E-state index >= 15 is 0 Å². The minimum Gasteiger partial charge on any atom is -0.388 e. The van der Waals surface area contributed by atoms with Crippen molar-refractivity contribution in [1.82, 2.24) is 20.7 Å². The summed E-state index contributed by atoms with van der Waals surface area (Å²) in [6.07, 6.45) is 1.51. The summed E-state index contributed by atoms with van der Waals surface area (Å²) in [5.41, 5.74) is 2.76. The summed E-state index contributed by atoms with van der Waals surface area (Å²) in [6.45, 7) is 0.331. The molecule has 4 aromatic rings. The second-order valence-electron chi connectivity index (χ2n) is 6.22. The number of carbonyl (C=O) groups excluding carboxylic acids is 1. The lowest BCUT2D eigenvalue weighted by Gasteiger charge is -2.10. The van der Waals surface area contributed by atoms with Gasteiger partial charge in [0.25, 0.3) is 5.91 Å². The normalized spacial score (nSPS) is 12.2. The number of fused-ring (bicyclic) bond motifs is 1. The maximum atomic E-state index is 12.2. The maximum absolute atomic E-state index is 12.2. The van der Waals surface area contributed by atoms with Crippen molar-refractivity contribution < 1.29 is 14.4 Å². The van der Waals surface area contributed by atoms with Crippen LogP contribution in [0.5, 0.6) is 0 Å². The highest BCUT2D eigenvalue weighted by molar-refractivity contribution is 5.93. The molecule has 2 heterocycles. The molecule has 0 aliphatic heterocycles. The Morgan fingerprint density at radius 3 is 2.89 bits per heavy atom. The van der Waals surface area contributed by atoms with Crippen LogP contribution in [0.2, 0.25) is 0 Å². The summed E-state index contributed by atoms with van der Waals surface area (Å²) in [4.78, 5) is 12.2. The van der Waals surface area contributed by atoms with Gasteiger partial charge in [0.2, 0.25) is 0 Å². The number of hydrogen-bond donors (Lipinski definition) is 3. The summed E-state index contributed by atoms with van der Waals surface area (Å²) in [5, 5.41) is 24.5. The minimum atomic E-state index is -0.624. The van der Waals surface area contributed by atoms with Gasteiger partial charge in [-0.05, 0) is 30.2 Å². The van der Waals surface area contributed by atoms with E-state index in [4.69, 9.17) is 4.52 Å². The van der Waals surface area contributed by atoms with Crippen LogP contribution in [0.15, 0.2) is 65.3 Å². The van der Waals surface area contributed by atoms with Gasteiger partial charge < -0.3 is 14.9 Å². The van der Waals surface area contributed by atoms with Crippen LogP contribution >= 0.6 is 0 Å². The van der Waals surface area contributed by atoms with Crippen molar-refractivity contribution in [1.29, 1.82) is 0 Å². The number of aliphatic hydroxyl groups excluding tert-OH is 1. The van der Waals surface area contributed by atoms with Gasteiger partial charge in [0.1, 0.15) is 0 Å².